The molecule has 2 bridgehead atoms. The van der Waals surface area contributed by atoms with E-state index in [0.717, 1.165) is 24.0 Å². The summed E-state index contributed by atoms with van der Waals surface area (Å²) in [5.74, 6) is 1.75. The molecule has 19 heavy (non-hydrogen) atoms. The predicted molar refractivity (Wildman–Crippen MR) is 76.6 cm³/mol. The molecule has 1 aromatic heterocycles. The summed E-state index contributed by atoms with van der Waals surface area (Å²) >= 11 is 0. The van der Waals surface area contributed by atoms with E-state index in [1.165, 1.54) is 19.3 Å². The molecule has 3 unspecified atom stereocenters. The second kappa shape index (κ2) is 4.27. The van der Waals surface area contributed by atoms with E-state index < -0.39 is 0 Å². The second-order valence-electron chi connectivity index (χ2n) is 7.14. The standard InChI is InChI=1S/C16H25N3/c1-11-17-8-6-13(19-11)10-18-14-9-12-5-7-16(14,4)15(12,2)3/h6,8,12,14,18H,5,7,9-10H2,1-4H3. The first-order valence-corrected chi connectivity index (χ1v) is 7.45. The van der Waals surface area contributed by atoms with Crippen LogP contribution in [0.4, 0.5) is 0 Å². The third-order valence-corrected chi connectivity index (χ3v) is 6.16. The van der Waals surface area contributed by atoms with E-state index in [2.05, 4.69) is 36.1 Å². The van der Waals surface area contributed by atoms with Crippen molar-refractivity contribution in [1.29, 1.82) is 0 Å². The van der Waals surface area contributed by atoms with Crippen LogP contribution in [0.2, 0.25) is 0 Å². The van der Waals surface area contributed by atoms with Crippen LogP contribution in [0.25, 0.3) is 0 Å². The summed E-state index contributed by atoms with van der Waals surface area (Å²) < 4.78 is 0. The van der Waals surface area contributed by atoms with Gasteiger partial charge in [-0.15, -0.1) is 0 Å². The molecule has 2 fully saturated rings. The van der Waals surface area contributed by atoms with Crippen LogP contribution in [0.15, 0.2) is 12.3 Å². The van der Waals surface area contributed by atoms with Crippen LogP contribution in [-0.4, -0.2) is 16.0 Å². The quantitative estimate of drug-likeness (QED) is 0.906. The highest BCUT2D eigenvalue weighted by molar-refractivity contribution is 5.13. The molecule has 1 aromatic rings. The van der Waals surface area contributed by atoms with Gasteiger partial charge in [-0.25, -0.2) is 9.97 Å². The Morgan fingerprint density at radius 2 is 2.16 bits per heavy atom. The average Bonchev–Trinajstić information content (AvgIpc) is 2.69. The van der Waals surface area contributed by atoms with Gasteiger partial charge < -0.3 is 5.32 Å². The smallest absolute Gasteiger partial charge is 0.125 e. The molecule has 3 heteroatoms. The highest BCUT2D eigenvalue weighted by atomic mass is 15.0. The second-order valence-corrected chi connectivity index (χ2v) is 7.14. The van der Waals surface area contributed by atoms with E-state index in [1.54, 1.807) is 0 Å². The zero-order chi connectivity index (χ0) is 13.7. The van der Waals surface area contributed by atoms with Crippen LogP contribution in [0.3, 0.4) is 0 Å². The van der Waals surface area contributed by atoms with E-state index >= 15 is 0 Å². The molecule has 0 aliphatic heterocycles. The van der Waals surface area contributed by atoms with Gasteiger partial charge in [-0.1, -0.05) is 20.8 Å². The van der Waals surface area contributed by atoms with Crippen LogP contribution in [-0.2, 0) is 6.54 Å². The van der Waals surface area contributed by atoms with Crippen molar-refractivity contribution in [3.05, 3.63) is 23.8 Å². The van der Waals surface area contributed by atoms with Crippen molar-refractivity contribution in [2.75, 3.05) is 0 Å². The Labute approximate surface area is 116 Å². The van der Waals surface area contributed by atoms with Crippen molar-refractivity contribution in [2.45, 2.75) is 59.5 Å². The van der Waals surface area contributed by atoms with E-state index in [1.807, 2.05) is 19.2 Å². The van der Waals surface area contributed by atoms with Crippen LogP contribution >= 0.6 is 0 Å². The number of aryl methyl sites for hydroxylation is 1. The Morgan fingerprint density at radius 3 is 2.74 bits per heavy atom. The summed E-state index contributed by atoms with van der Waals surface area (Å²) in [6.45, 7) is 10.2. The summed E-state index contributed by atoms with van der Waals surface area (Å²) in [4.78, 5) is 8.64. The molecular weight excluding hydrogens is 234 g/mol. The maximum Gasteiger partial charge on any atom is 0.125 e. The first kappa shape index (κ1) is 13.0. The monoisotopic (exact) mass is 259 g/mol. The predicted octanol–water partition coefficient (Wildman–Crippen LogP) is 3.09. The first-order valence-electron chi connectivity index (χ1n) is 7.45. The maximum absolute atomic E-state index is 4.48. The zero-order valence-electron chi connectivity index (χ0n) is 12.5. The molecule has 104 valence electrons. The summed E-state index contributed by atoms with van der Waals surface area (Å²) in [7, 11) is 0. The zero-order valence-corrected chi connectivity index (χ0v) is 12.5. The van der Waals surface area contributed by atoms with Gasteiger partial charge in [0.05, 0.1) is 5.69 Å². The van der Waals surface area contributed by atoms with Gasteiger partial charge in [-0.05, 0) is 49.0 Å². The lowest BCUT2D eigenvalue weighted by molar-refractivity contribution is 0.120. The summed E-state index contributed by atoms with van der Waals surface area (Å²) in [5, 5.41) is 3.76. The fourth-order valence-corrected chi connectivity index (χ4v) is 4.34. The van der Waals surface area contributed by atoms with Gasteiger partial charge in [-0.3, -0.25) is 0 Å². The molecule has 3 nitrogen and oxygen atoms in total. The van der Waals surface area contributed by atoms with Gasteiger partial charge in [0.1, 0.15) is 5.82 Å². The van der Waals surface area contributed by atoms with E-state index in [0.29, 0.717) is 16.9 Å². The number of hydrogen-bond acceptors (Lipinski definition) is 3. The molecule has 2 aliphatic rings. The van der Waals surface area contributed by atoms with E-state index in [4.69, 9.17) is 0 Å². The van der Waals surface area contributed by atoms with Crippen LogP contribution < -0.4 is 5.32 Å². The van der Waals surface area contributed by atoms with Crippen molar-refractivity contribution < 1.29 is 0 Å². The highest BCUT2D eigenvalue weighted by Gasteiger charge is 2.60. The van der Waals surface area contributed by atoms with E-state index in [9.17, 15) is 0 Å². The molecule has 0 radical (unpaired) electrons. The van der Waals surface area contributed by atoms with Gasteiger partial charge >= 0.3 is 0 Å². The number of nitrogens with zero attached hydrogens (tertiary/aromatic N) is 2. The van der Waals surface area contributed by atoms with Gasteiger partial charge in [-0.2, -0.15) is 0 Å². The summed E-state index contributed by atoms with van der Waals surface area (Å²) in [6.07, 6.45) is 5.96. The normalized spacial score (nSPS) is 35.8. The molecule has 1 heterocycles. The molecule has 0 spiro atoms. The molecular formula is C16H25N3. The Morgan fingerprint density at radius 1 is 1.37 bits per heavy atom. The van der Waals surface area contributed by atoms with Crippen molar-refractivity contribution in [3.63, 3.8) is 0 Å². The van der Waals surface area contributed by atoms with E-state index in [-0.39, 0.29) is 0 Å². The molecule has 2 saturated carbocycles. The number of nitrogens with one attached hydrogen (secondary N) is 1. The fourth-order valence-electron chi connectivity index (χ4n) is 4.34. The molecule has 2 aliphatic carbocycles. The third-order valence-electron chi connectivity index (χ3n) is 6.16. The molecule has 3 atom stereocenters. The van der Waals surface area contributed by atoms with Gasteiger partial charge in [0.15, 0.2) is 0 Å². The minimum atomic E-state index is 0.444. The molecule has 0 saturated heterocycles. The summed E-state index contributed by atoms with van der Waals surface area (Å²) in [6, 6.07) is 2.65. The SMILES string of the molecule is Cc1nccc(CNC2CC3CCC2(C)C3(C)C)n1. The van der Waals surface area contributed by atoms with Gasteiger partial charge in [0.2, 0.25) is 0 Å². The van der Waals surface area contributed by atoms with Crippen molar-refractivity contribution in [2.24, 2.45) is 16.7 Å². The van der Waals surface area contributed by atoms with Crippen molar-refractivity contribution in [1.82, 2.24) is 15.3 Å². The maximum atomic E-state index is 4.48. The Balaban J connectivity index is 1.69. The minimum absolute atomic E-state index is 0.444. The third kappa shape index (κ3) is 1.90. The molecule has 3 rings (SSSR count). The van der Waals surface area contributed by atoms with Crippen LogP contribution in [0.5, 0.6) is 0 Å². The number of hydrogen-bond donors (Lipinski definition) is 1. The Bertz CT molecular complexity index is 483. The lowest BCUT2D eigenvalue weighted by atomic mass is 9.69. The van der Waals surface area contributed by atoms with Gasteiger partial charge in [0.25, 0.3) is 0 Å². The number of aromatic nitrogens is 2. The Hall–Kier alpha value is -0.960. The first-order chi connectivity index (χ1) is 8.93. The van der Waals surface area contributed by atoms with Crippen molar-refractivity contribution in [3.8, 4) is 0 Å². The Kier molecular flexibility index (Phi) is 2.93. The van der Waals surface area contributed by atoms with Gasteiger partial charge in [0, 0.05) is 18.8 Å². The lowest BCUT2D eigenvalue weighted by Crippen LogP contribution is -2.44. The molecule has 1 N–H and O–H groups in total. The minimum Gasteiger partial charge on any atom is -0.308 e. The number of rotatable bonds is 3. The average molecular weight is 259 g/mol. The van der Waals surface area contributed by atoms with Crippen LogP contribution in [0, 0.1) is 23.7 Å². The van der Waals surface area contributed by atoms with Crippen molar-refractivity contribution >= 4 is 0 Å². The molecule has 0 amide bonds. The van der Waals surface area contributed by atoms with Crippen LogP contribution in [0.1, 0.15) is 51.6 Å². The highest BCUT2D eigenvalue weighted by Crippen LogP contribution is 2.65. The summed E-state index contributed by atoms with van der Waals surface area (Å²) in [5.41, 5.74) is 2.03. The fraction of sp³-hybridized carbons (Fsp3) is 0.750. The topological polar surface area (TPSA) is 37.8 Å². The number of fused-ring (bicyclic) bond motifs is 2. The molecule has 0 aromatic carbocycles. The lowest BCUT2D eigenvalue weighted by Gasteiger charge is -2.39. The largest absolute Gasteiger partial charge is 0.308 e.